The average Bonchev–Trinajstić information content (AvgIpc) is 3.06. The Hall–Kier alpha value is -3.37. The number of nitrogens with zero attached hydrogens (tertiary/aromatic N) is 1. The molecule has 33 heavy (non-hydrogen) atoms. The molecule has 1 aliphatic rings. The van der Waals surface area contributed by atoms with Crippen LogP contribution in [0.2, 0.25) is 0 Å². The van der Waals surface area contributed by atoms with Gasteiger partial charge in [0.2, 0.25) is 15.9 Å². The summed E-state index contributed by atoms with van der Waals surface area (Å²) in [5.74, 6) is -0.294. The molecule has 1 aliphatic heterocycles. The molecule has 1 N–H and O–H groups in total. The first kappa shape index (κ1) is 22.8. The van der Waals surface area contributed by atoms with Gasteiger partial charge in [0, 0.05) is 12.1 Å². The second kappa shape index (κ2) is 8.87. The van der Waals surface area contributed by atoms with Crippen LogP contribution in [0, 0.1) is 6.92 Å². The number of sulfonamides is 2. The number of amides is 1. The summed E-state index contributed by atoms with van der Waals surface area (Å²) in [5, 5.41) is 0. The fourth-order valence-electron chi connectivity index (χ4n) is 3.44. The van der Waals surface area contributed by atoms with Crippen LogP contribution in [0.25, 0.3) is 0 Å². The molecule has 0 atom stereocenters. The molecule has 0 saturated carbocycles. The third-order valence-electron chi connectivity index (χ3n) is 5.13. The summed E-state index contributed by atoms with van der Waals surface area (Å²) in [6.45, 7) is 1.98. The van der Waals surface area contributed by atoms with Crippen molar-refractivity contribution in [3.63, 3.8) is 0 Å². The lowest BCUT2D eigenvalue weighted by Gasteiger charge is -2.17. The van der Waals surface area contributed by atoms with Crippen LogP contribution in [-0.4, -0.2) is 28.5 Å². The van der Waals surface area contributed by atoms with Gasteiger partial charge < -0.3 is 4.74 Å². The predicted octanol–water partition coefficient (Wildman–Crippen LogP) is 3.44. The second-order valence-corrected chi connectivity index (χ2v) is 11.2. The maximum absolute atomic E-state index is 13.0. The molecule has 0 spiro atoms. The summed E-state index contributed by atoms with van der Waals surface area (Å²) in [6.07, 6.45) is -0.130. The van der Waals surface area contributed by atoms with E-state index >= 15 is 0 Å². The molecule has 1 amide bonds. The highest BCUT2D eigenvalue weighted by Crippen LogP contribution is 2.30. The maximum Gasteiger partial charge on any atom is 0.262 e. The largest absolute Gasteiger partial charge is 0.489 e. The third-order valence-corrected chi connectivity index (χ3v) is 8.34. The summed E-state index contributed by atoms with van der Waals surface area (Å²) in [7, 11) is -7.84. The predicted molar refractivity (Wildman–Crippen MR) is 125 cm³/mol. The molecule has 0 bridgehead atoms. The topological polar surface area (TPSA) is 110 Å². The van der Waals surface area contributed by atoms with Crippen molar-refractivity contribution >= 4 is 37.3 Å². The van der Waals surface area contributed by atoms with E-state index in [0.29, 0.717) is 27.9 Å². The van der Waals surface area contributed by atoms with E-state index < -0.39 is 26.0 Å². The number of aryl methyl sites for hydroxylation is 1. The zero-order valence-electron chi connectivity index (χ0n) is 17.8. The number of carbonyl (C=O) groups excluding carboxylic acids is 1. The Labute approximate surface area is 192 Å². The Morgan fingerprint density at radius 2 is 1.70 bits per heavy atom. The molecular weight excluding hydrogens is 464 g/mol. The van der Waals surface area contributed by atoms with Crippen LogP contribution < -0.4 is 13.8 Å². The van der Waals surface area contributed by atoms with Gasteiger partial charge in [-0.2, -0.15) is 0 Å². The maximum atomic E-state index is 13.0. The van der Waals surface area contributed by atoms with E-state index in [1.165, 1.54) is 18.2 Å². The Kier molecular flexibility index (Phi) is 6.13. The fourth-order valence-corrected chi connectivity index (χ4v) is 6.22. The van der Waals surface area contributed by atoms with Crippen LogP contribution in [0.3, 0.4) is 0 Å². The Morgan fingerprint density at radius 3 is 2.33 bits per heavy atom. The van der Waals surface area contributed by atoms with Gasteiger partial charge in [-0.3, -0.25) is 9.52 Å². The van der Waals surface area contributed by atoms with Crippen LogP contribution in [0.15, 0.2) is 77.7 Å². The third kappa shape index (κ3) is 5.01. The number of anilines is 2. The van der Waals surface area contributed by atoms with Crippen molar-refractivity contribution in [3.8, 4) is 5.75 Å². The molecule has 10 heteroatoms. The molecule has 0 aromatic heterocycles. The lowest BCUT2D eigenvalue weighted by Crippen LogP contribution is -2.29. The first-order chi connectivity index (χ1) is 15.7. The number of nitrogens with one attached hydrogen (secondary N) is 1. The van der Waals surface area contributed by atoms with E-state index in [-0.39, 0.29) is 22.8 Å². The lowest BCUT2D eigenvalue weighted by atomic mass is 10.2. The molecule has 8 nitrogen and oxygen atoms in total. The van der Waals surface area contributed by atoms with Crippen molar-refractivity contribution < 1.29 is 26.4 Å². The SMILES string of the molecule is Cc1ccc(N2C(=O)CCS2(=O)=O)cc1S(=O)(=O)Nc1ccc(OCc2ccccc2)cc1. The van der Waals surface area contributed by atoms with Gasteiger partial charge in [0.25, 0.3) is 10.0 Å². The van der Waals surface area contributed by atoms with E-state index in [9.17, 15) is 21.6 Å². The molecule has 172 valence electrons. The summed E-state index contributed by atoms with van der Waals surface area (Å²) in [6, 6.07) is 20.2. The lowest BCUT2D eigenvalue weighted by molar-refractivity contribution is -0.116. The standard InChI is InChI=1S/C23H22N2O6S2/c1-17-7-10-20(25-23(26)13-14-32(25,27)28)15-22(17)33(29,30)24-19-8-11-21(12-9-19)31-16-18-5-3-2-4-6-18/h2-12,15,24H,13-14,16H2,1H3. The molecule has 3 aromatic rings. The monoisotopic (exact) mass is 486 g/mol. The highest BCUT2D eigenvalue weighted by atomic mass is 32.2. The van der Waals surface area contributed by atoms with Gasteiger partial charge in [0.05, 0.1) is 16.3 Å². The molecule has 3 aromatic carbocycles. The molecule has 1 fully saturated rings. The number of ether oxygens (including phenoxy) is 1. The number of benzene rings is 3. The number of hydrogen-bond donors (Lipinski definition) is 1. The highest BCUT2D eigenvalue weighted by molar-refractivity contribution is 7.94. The zero-order valence-corrected chi connectivity index (χ0v) is 19.4. The normalized spacial score (nSPS) is 15.4. The van der Waals surface area contributed by atoms with E-state index in [0.717, 1.165) is 5.56 Å². The number of hydrogen-bond acceptors (Lipinski definition) is 6. The van der Waals surface area contributed by atoms with Crippen LogP contribution in [0.4, 0.5) is 11.4 Å². The fraction of sp³-hybridized carbons (Fsp3) is 0.174. The van der Waals surface area contributed by atoms with Gasteiger partial charge in [0.1, 0.15) is 12.4 Å². The molecular formula is C23H22N2O6S2. The van der Waals surface area contributed by atoms with Crippen molar-refractivity contribution in [3.05, 3.63) is 83.9 Å². The first-order valence-corrected chi connectivity index (χ1v) is 13.2. The van der Waals surface area contributed by atoms with Gasteiger partial charge in [-0.1, -0.05) is 36.4 Å². The summed E-state index contributed by atoms with van der Waals surface area (Å²) >= 11 is 0. The van der Waals surface area contributed by atoms with Crippen LogP contribution in [0.1, 0.15) is 17.5 Å². The molecule has 0 aliphatic carbocycles. The summed E-state index contributed by atoms with van der Waals surface area (Å²) in [4.78, 5) is 12.0. The van der Waals surface area contributed by atoms with Crippen molar-refractivity contribution in [2.24, 2.45) is 0 Å². The van der Waals surface area contributed by atoms with Crippen molar-refractivity contribution in [2.45, 2.75) is 24.8 Å². The van der Waals surface area contributed by atoms with Crippen LogP contribution >= 0.6 is 0 Å². The van der Waals surface area contributed by atoms with Gasteiger partial charge in [0.15, 0.2) is 0 Å². The average molecular weight is 487 g/mol. The van der Waals surface area contributed by atoms with E-state index in [4.69, 9.17) is 4.74 Å². The van der Waals surface area contributed by atoms with Crippen LogP contribution in [0.5, 0.6) is 5.75 Å². The number of rotatable bonds is 7. The number of carbonyl (C=O) groups is 1. The Bertz CT molecular complexity index is 1390. The smallest absolute Gasteiger partial charge is 0.262 e. The molecule has 1 heterocycles. The molecule has 4 rings (SSSR count). The Balaban J connectivity index is 1.52. The minimum atomic E-state index is -4.04. The molecule has 1 saturated heterocycles. The van der Waals surface area contributed by atoms with E-state index in [1.54, 1.807) is 31.2 Å². The van der Waals surface area contributed by atoms with Gasteiger partial charge in [-0.05, 0) is 54.4 Å². The first-order valence-electron chi connectivity index (χ1n) is 10.1. The van der Waals surface area contributed by atoms with Gasteiger partial charge >= 0.3 is 0 Å². The van der Waals surface area contributed by atoms with Crippen molar-refractivity contribution in [2.75, 3.05) is 14.8 Å². The van der Waals surface area contributed by atoms with Crippen molar-refractivity contribution in [1.82, 2.24) is 0 Å². The van der Waals surface area contributed by atoms with Crippen LogP contribution in [-0.2, 0) is 31.4 Å². The zero-order chi connectivity index (χ0) is 23.6. The van der Waals surface area contributed by atoms with Crippen molar-refractivity contribution in [1.29, 1.82) is 0 Å². The van der Waals surface area contributed by atoms with Gasteiger partial charge in [-0.15, -0.1) is 0 Å². The summed E-state index contributed by atoms with van der Waals surface area (Å²) < 4.78 is 59.4. The Morgan fingerprint density at radius 1 is 1.00 bits per heavy atom. The quantitative estimate of drug-likeness (QED) is 0.548. The molecule has 0 radical (unpaired) electrons. The molecule has 0 unspecified atom stereocenters. The van der Waals surface area contributed by atoms with E-state index in [2.05, 4.69) is 4.72 Å². The van der Waals surface area contributed by atoms with Gasteiger partial charge in [-0.25, -0.2) is 21.1 Å². The highest BCUT2D eigenvalue weighted by Gasteiger charge is 2.37. The second-order valence-electron chi connectivity index (χ2n) is 7.58. The minimum Gasteiger partial charge on any atom is -0.489 e. The summed E-state index contributed by atoms with van der Waals surface area (Å²) in [5.41, 5.74) is 1.75. The minimum absolute atomic E-state index is 0.00753. The van der Waals surface area contributed by atoms with E-state index in [1.807, 2.05) is 30.3 Å².